The Kier molecular flexibility index (Phi) is 7.01. The maximum Gasteiger partial charge on any atom is 0.0971 e. The van der Waals surface area contributed by atoms with E-state index >= 15 is 0 Å². The van der Waals surface area contributed by atoms with Crippen LogP contribution in [-0.2, 0) is 12.8 Å². The summed E-state index contributed by atoms with van der Waals surface area (Å²) in [5.74, 6) is 0.549. The largest absolute Gasteiger partial charge is 0.319 e. The van der Waals surface area contributed by atoms with Crippen molar-refractivity contribution < 1.29 is 0 Å². The molecule has 0 radical (unpaired) electrons. The first-order chi connectivity index (χ1) is 9.81. The highest BCUT2D eigenvalue weighted by atomic mass is 32.1. The number of likely N-dealkylation sites (N-methyl/N-ethyl adjacent to an activating group) is 1. The minimum absolute atomic E-state index is 0.549. The zero-order valence-electron chi connectivity index (χ0n) is 13.2. The van der Waals surface area contributed by atoms with E-state index in [-0.39, 0.29) is 0 Å². The number of fused-ring (bicyclic) bond motifs is 1. The molecule has 1 heterocycles. The lowest BCUT2D eigenvalue weighted by Gasteiger charge is -2.06. The number of aryl methyl sites for hydroxylation is 2. The normalized spacial score (nSPS) is 19.7. The van der Waals surface area contributed by atoms with Crippen LogP contribution in [0.4, 0.5) is 0 Å². The van der Waals surface area contributed by atoms with E-state index in [1.165, 1.54) is 74.9 Å². The van der Waals surface area contributed by atoms with Crippen LogP contribution in [0.25, 0.3) is 0 Å². The molecule has 3 heteroatoms. The summed E-state index contributed by atoms with van der Waals surface area (Å²) in [4.78, 5) is 6.56. The van der Waals surface area contributed by atoms with E-state index < -0.39 is 0 Å². The first-order valence-corrected chi connectivity index (χ1v) is 9.26. The van der Waals surface area contributed by atoms with Crippen molar-refractivity contribution >= 4 is 11.3 Å². The van der Waals surface area contributed by atoms with Crippen molar-refractivity contribution in [2.75, 3.05) is 13.6 Å². The van der Waals surface area contributed by atoms with E-state index in [0.717, 1.165) is 6.54 Å². The molecule has 2 rings (SSSR count). The summed E-state index contributed by atoms with van der Waals surface area (Å²) in [5, 5.41) is 4.62. The van der Waals surface area contributed by atoms with Crippen molar-refractivity contribution in [2.45, 2.75) is 77.0 Å². The Morgan fingerprint density at radius 3 is 2.25 bits per heavy atom. The van der Waals surface area contributed by atoms with Crippen molar-refractivity contribution in [3.8, 4) is 0 Å². The number of hydrogen-bond donors (Lipinski definition) is 1. The Balaban J connectivity index is 2.04. The fraction of sp³-hybridized carbons (Fsp3) is 0.824. The Morgan fingerprint density at radius 1 is 1.00 bits per heavy atom. The molecule has 1 unspecified atom stereocenters. The molecule has 0 bridgehead atoms. The van der Waals surface area contributed by atoms with Crippen LogP contribution in [0.5, 0.6) is 0 Å². The maximum absolute atomic E-state index is 4.98. The van der Waals surface area contributed by atoms with Gasteiger partial charge in [-0.2, -0.15) is 0 Å². The second kappa shape index (κ2) is 8.78. The van der Waals surface area contributed by atoms with Crippen molar-refractivity contribution in [3.05, 3.63) is 15.6 Å². The fourth-order valence-corrected chi connectivity index (χ4v) is 4.24. The Bertz CT molecular complexity index is 357. The molecule has 114 valence electrons. The number of aromatic nitrogens is 1. The first-order valence-electron chi connectivity index (χ1n) is 8.44. The van der Waals surface area contributed by atoms with E-state index in [1.54, 1.807) is 4.88 Å². The molecular weight excluding hydrogens is 264 g/mol. The van der Waals surface area contributed by atoms with Crippen LogP contribution in [0.15, 0.2) is 0 Å². The van der Waals surface area contributed by atoms with Crippen LogP contribution < -0.4 is 5.32 Å². The molecule has 1 aliphatic carbocycles. The highest BCUT2D eigenvalue weighted by Gasteiger charge is 2.15. The van der Waals surface area contributed by atoms with Crippen LogP contribution in [0, 0.1) is 0 Å². The summed E-state index contributed by atoms with van der Waals surface area (Å²) >= 11 is 1.98. The lowest BCUT2D eigenvalue weighted by molar-refractivity contribution is 0.559. The molecule has 0 spiro atoms. The van der Waals surface area contributed by atoms with Crippen LogP contribution in [0.3, 0.4) is 0 Å². The number of rotatable bonds is 3. The van der Waals surface area contributed by atoms with Gasteiger partial charge in [0.25, 0.3) is 0 Å². The van der Waals surface area contributed by atoms with Gasteiger partial charge in [0, 0.05) is 17.3 Å². The van der Waals surface area contributed by atoms with Crippen LogP contribution in [0.1, 0.15) is 79.8 Å². The predicted octanol–water partition coefficient (Wildman–Crippen LogP) is 4.69. The topological polar surface area (TPSA) is 24.9 Å². The van der Waals surface area contributed by atoms with Gasteiger partial charge in [-0.3, -0.25) is 0 Å². The number of thiazole rings is 1. The molecule has 1 aromatic heterocycles. The third-order valence-electron chi connectivity index (χ3n) is 4.29. The van der Waals surface area contributed by atoms with Crippen molar-refractivity contribution in [2.24, 2.45) is 0 Å². The molecule has 1 aromatic rings. The molecule has 20 heavy (non-hydrogen) atoms. The molecule has 1 atom stereocenters. The van der Waals surface area contributed by atoms with Crippen LogP contribution in [-0.4, -0.2) is 18.6 Å². The lowest BCUT2D eigenvalue weighted by atomic mass is 10.0. The standard InChI is InChI=1S/C17H30N2S/c1-14(13-18-2)17-19-15-11-9-7-5-3-4-6-8-10-12-16(15)20-17/h14,18H,3-13H2,1-2H3. The SMILES string of the molecule is CNCC(C)c1nc2c(s1)CCCCCCCCCC2. The van der Waals surface area contributed by atoms with E-state index in [1.807, 2.05) is 18.4 Å². The molecule has 0 amide bonds. The first kappa shape index (κ1) is 16.0. The summed E-state index contributed by atoms with van der Waals surface area (Å²) in [5.41, 5.74) is 1.42. The Hall–Kier alpha value is -0.410. The van der Waals surface area contributed by atoms with E-state index in [4.69, 9.17) is 4.98 Å². The fourth-order valence-electron chi connectivity index (χ4n) is 3.04. The Morgan fingerprint density at radius 2 is 1.60 bits per heavy atom. The van der Waals surface area contributed by atoms with E-state index in [9.17, 15) is 0 Å². The quantitative estimate of drug-likeness (QED) is 0.875. The summed E-state index contributed by atoms with van der Waals surface area (Å²) in [6, 6.07) is 0. The van der Waals surface area contributed by atoms with Gasteiger partial charge in [-0.1, -0.05) is 45.4 Å². The highest BCUT2D eigenvalue weighted by molar-refractivity contribution is 7.11. The van der Waals surface area contributed by atoms with Gasteiger partial charge in [0.05, 0.1) is 10.7 Å². The number of nitrogens with one attached hydrogen (secondary N) is 1. The highest BCUT2D eigenvalue weighted by Crippen LogP contribution is 2.28. The van der Waals surface area contributed by atoms with Gasteiger partial charge in [0.15, 0.2) is 0 Å². The number of nitrogens with zero attached hydrogens (tertiary/aromatic N) is 1. The monoisotopic (exact) mass is 294 g/mol. The van der Waals surface area contributed by atoms with Gasteiger partial charge in [0.1, 0.15) is 0 Å². The van der Waals surface area contributed by atoms with Crippen molar-refractivity contribution in [1.29, 1.82) is 0 Å². The molecular formula is C17H30N2S. The van der Waals surface area contributed by atoms with E-state index in [0.29, 0.717) is 5.92 Å². The van der Waals surface area contributed by atoms with Gasteiger partial charge in [-0.25, -0.2) is 4.98 Å². The average Bonchev–Trinajstić information content (AvgIpc) is 2.82. The third kappa shape index (κ3) is 4.85. The predicted molar refractivity (Wildman–Crippen MR) is 88.8 cm³/mol. The minimum atomic E-state index is 0.549. The molecule has 0 aliphatic heterocycles. The van der Waals surface area contributed by atoms with Crippen LogP contribution in [0.2, 0.25) is 0 Å². The molecule has 0 aromatic carbocycles. The molecule has 0 saturated heterocycles. The zero-order valence-corrected chi connectivity index (χ0v) is 14.0. The maximum atomic E-state index is 4.98. The number of hydrogen-bond acceptors (Lipinski definition) is 3. The third-order valence-corrected chi connectivity index (χ3v) is 5.68. The molecule has 0 saturated carbocycles. The second-order valence-corrected chi connectivity index (χ2v) is 7.32. The summed E-state index contributed by atoms with van der Waals surface area (Å²) in [7, 11) is 2.03. The second-order valence-electron chi connectivity index (χ2n) is 6.21. The molecule has 0 fully saturated rings. The van der Waals surface area contributed by atoms with Crippen molar-refractivity contribution in [3.63, 3.8) is 0 Å². The molecule has 1 aliphatic rings. The summed E-state index contributed by atoms with van der Waals surface area (Å²) in [6.45, 7) is 3.32. The lowest BCUT2D eigenvalue weighted by Crippen LogP contribution is -2.14. The van der Waals surface area contributed by atoms with Crippen LogP contribution >= 0.6 is 11.3 Å². The van der Waals surface area contributed by atoms with Gasteiger partial charge in [-0.05, 0) is 32.7 Å². The molecule has 1 N–H and O–H groups in total. The molecule has 2 nitrogen and oxygen atoms in total. The van der Waals surface area contributed by atoms with Gasteiger partial charge in [0.2, 0.25) is 0 Å². The summed E-state index contributed by atoms with van der Waals surface area (Å²) in [6.07, 6.45) is 13.7. The summed E-state index contributed by atoms with van der Waals surface area (Å²) < 4.78 is 0. The average molecular weight is 295 g/mol. The zero-order chi connectivity index (χ0) is 14.2. The van der Waals surface area contributed by atoms with Gasteiger partial charge < -0.3 is 5.32 Å². The minimum Gasteiger partial charge on any atom is -0.319 e. The smallest absolute Gasteiger partial charge is 0.0971 e. The van der Waals surface area contributed by atoms with Gasteiger partial charge in [-0.15, -0.1) is 11.3 Å². The Labute approximate surface area is 128 Å². The van der Waals surface area contributed by atoms with Gasteiger partial charge >= 0.3 is 0 Å². The van der Waals surface area contributed by atoms with Crippen molar-refractivity contribution in [1.82, 2.24) is 10.3 Å². The van der Waals surface area contributed by atoms with E-state index in [2.05, 4.69) is 12.2 Å².